The van der Waals surface area contributed by atoms with E-state index in [1.54, 1.807) is 0 Å². The Morgan fingerprint density at radius 2 is 2.06 bits per heavy atom. The maximum atomic E-state index is 10.1. The van der Waals surface area contributed by atoms with E-state index in [0.717, 1.165) is 29.3 Å². The van der Waals surface area contributed by atoms with Crippen LogP contribution in [0.2, 0.25) is 0 Å². The second-order valence-corrected chi connectivity index (χ2v) is 4.64. The summed E-state index contributed by atoms with van der Waals surface area (Å²) < 4.78 is 0. The van der Waals surface area contributed by atoms with Crippen molar-refractivity contribution in [3.8, 4) is 0 Å². The number of nitrogens with one attached hydrogen (secondary N) is 1. The lowest BCUT2D eigenvalue weighted by atomic mass is 9.96. The first kappa shape index (κ1) is 12.4. The molecule has 0 unspecified atom stereocenters. The highest BCUT2D eigenvalue weighted by Crippen LogP contribution is 2.38. The van der Waals surface area contributed by atoms with Crippen LogP contribution in [-0.2, 0) is 0 Å². The van der Waals surface area contributed by atoms with Crippen molar-refractivity contribution in [3.05, 3.63) is 36.0 Å². The minimum atomic E-state index is -0.402. The summed E-state index contributed by atoms with van der Waals surface area (Å²) in [6.45, 7) is 0. The zero-order chi connectivity index (χ0) is 11.1. The van der Waals surface area contributed by atoms with Gasteiger partial charge < -0.3 is 15.8 Å². The van der Waals surface area contributed by atoms with Crippen LogP contribution in [0.1, 0.15) is 24.4 Å². The predicted molar refractivity (Wildman–Crippen MR) is 71.2 cm³/mol. The number of aromatic amines is 1. The van der Waals surface area contributed by atoms with Gasteiger partial charge in [0.1, 0.15) is 0 Å². The average Bonchev–Trinajstić information content (AvgIpc) is 3.04. The highest BCUT2D eigenvalue weighted by atomic mass is 35.5. The average molecular weight is 253 g/mol. The van der Waals surface area contributed by atoms with Crippen molar-refractivity contribution in [2.24, 2.45) is 11.7 Å². The van der Waals surface area contributed by atoms with Crippen molar-refractivity contribution < 1.29 is 5.11 Å². The van der Waals surface area contributed by atoms with Gasteiger partial charge in [-0.3, -0.25) is 0 Å². The Hall–Kier alpha value is -1.03. The molecular weight excluding hydrogens is 236 g/mol. The Balaban J connectivity index is 0.00000108. The topological polar surface area (TPSA) is 62.0 Å². The Bertz CT molecular complexity index is 507. The van der Waals surface area contributed by atoms with E-state index < -0.39 is 6.10 Å². The third kappa shape index (κ3) is 2.18. The Morgan fingerprint density at radius 3 is 2.76 bits per heavy atom. The van der Waals surface area contributed by atoms with Gasteiger partial charge in [0.25, 0.3) is 0 Å². The highest BCUT2D eigenvalue weighted by molar-refractivity contribution is 5.85. The zero-order valence-corrected chi connectivity index (χ0v) is 10.3. The van der Waals surface area contributed by atoms with Gasteiger partial charge in [-0.15, -0.1) is 12.4 Å². The fourth-order valence-corrected chi connectivity index (χ4v) is 2.32. The van der Waals surface area contributed by atoms with Crippen LogP contribution in [0.25, 0.3) is 10.9 Å². The summed E-state index contributed by atoms with van der Waals surface area (Å²) in [7, 11) is 0. The smallest absolute Gasteiger partial charge is 0.0761 e. The molecule has 17 heavy (non-hydrogen) atoms. The third-order valence-electron chi connectivity index (χ3n) is 3.46. The molecule has 0 amide bonds. The summed E-state index contributed by atoms with van der Waals surface area (Å²) in [5.74, 6) is 0.407. The third-order valence-corrected chi connectivity index (χ3v) is 3.46. The molecule has 0 saturated heterocycles. The fourth-order valence-electron chi connectivity index (χ4n) is 2.32. The van der Waals surface area contributed by atoms with Gasteiger partial charge in [0, 0.05) is 17.1 Å². The van der Waals surface area contributed by atoms with E-state index in [1.165, 1.54) is 0 Å². The van der Waals surface area contributed by atoms with Crippen LogP contribution in [0.15, 0.2) is 30.5 Å². The monoisotopic (exact) mass is 252 g/mol. The number of nitrogens with two attached hydrogens (primary N) is 1. The minimum absolute atomic E-state index is 0. The molecule has 1 aliphatic carbocycles. The number of halogens is 1. The lowest BCUT2D eigenvalue weighted by Crippen LogP contribution is -2.27. The molecule has 1 aliphatic rings. The summed E-state index contributed by atoms with van der Waals surface area (Å²) in [4.78, 5) is 3.16. The molecule has 1 heterocycles. The lowest BCUT2D eigenvalue weighted by molar-refractivity contribution is 0.123. The van der Waals surface area contributed by atoms with Crippen LogP contribution in [0.4, 0.5) is 0 Å². The summed E-state index contributed by atoms with van der Waals surface area (Å²) in [5.41, 5.74) is 8.26. The molecule has 3 rings (SSSR count). The second-order valence-electron chi connectivity index (χ2n) is 4.64. The van der Waals surface area contributed by atoms with Crippen molar-refractivity contribution in [2.75, 3.05) is 0 Å². The van der Waals surface area contributed by atoms with Crippen LogP contribution in [0.5, 0.6) is 0 Å². The number of benzene rings is 1. The summed E-state index contributed by atoms with van der Waals surface area (Å²) in [6, 6.07) is 7.76. The SMILES string of the molecule is Cl.N[C@@H](c1cccc2[nH]ccc12)[C@H](O)C1CC1. The van der Waals surface area contributed by atoms with E-state index in [1.807, 2.05) is 30.5 Å². The number of H-pyrrole nitrogens is 1. The van der Waals surface area contributed by atoms with E-state index in [-0.39, 0.29) is 18.4 Å². The lowest BCUT2D eigenvalue weighted by Gasteiger charge is -2.19. The van der Waals surface area contributed by atoms with Gasteiger partial charge >= 0.3 is 0 Å². The first-order valence-electron chi connectivity index (χ1n) is 5.77. The standard InChI is InChI=1S/C13H16N2O.ClH/c14-12(13(16)8-4-5-8)10-2-1-3-11-9(10)6-7-15-11;/h1-3,6-8,12-13,15-16H,4-5,14H2;1H/t12-,13+;/m0./s1. The van der Waals surface area contributed by atoms with Gasteiger partial charge in [-0.1, -0.05) is 12.1 Å². The van der Waals surface area contributed by atoms with Crippen LogP contribution < -0.4 is 5.73 Å². The first-order chi connectivity index (χ1) is 7.77. The largest absolute Gasteiger partial charge is 0.391 e. The quantitative estimate of drug-likeness (QED) is 0.785. The summed E-state index contributed by atoms with van der Waals surface area (Å²) >= 11 is 0. The molecule has 2 aromatic rings. The molecule has 0 spiro atoms. The number of aliphatic hydroxyl groups is 1. The zero-order valence-electron chi connectivity index (χ0n) is 9.47. The van der Waals surface area contributed by atoms with Gasteiger partial charge in [0.2, 0.25) is 0 Å². The van der Waals surface area contributed by atoms with Crippen LogP contribution in [0.3, 0.4) is 0 Å². The minimum Gasteiger partial charge on any atom is -0.391 e. The second kappa shape index (κ2) is 4.69. The van der Waals surface area contributed by atoms with Crippen molar-refractivity contribution in [2.45, 2.75) is 25.0 Å². The van der Waals surface area contributed by atoms with E-state index >= 15 is 0 Å². The molecule has 2 atom stereocenters. The molecule has 0 aliphatic heterocycles. The number of fused-ring (bicyclic) bond motifs is 1. The van der Waals surface area contributed by atoms with Gasteiger partial charge in [0.05, 0.1) is 12.1 Å². The van der Waals surface area contributed by atoms with Gasteiger partial charge in [0.15, 0.2) is 0 Å². The number of aliphatic hydroxyl groups excluding tert-OH is 1. The van der Waals surface area contributed by atoms with E-state index in [4.69, 9.17) is 5.73 Å². The van der Waals surface area contributed by atoms with E-state index in [9.17, 15) is 5.11 Å². The van der Waals surface area contributed by atoms with Crippen LogP contribution in [-0.4, -0.2) is 16.2 Å². The summed E-state index contributed by atoms with van der Waals surface area (Å²) in [6.07, 6.45) is 3.72. The molecule has 4 N–H and O–H groups in total. The molecule has 1 saturated carbocycles. The Labute approximate surface area is 106 Å². The molecule has 0 radical (unpaired) electrons. The molecular formula is C13H17ClN2O. The van der Waals surface area contributed by atoms with Gasteiger partial charge in [-0.25, -0.2) is 0 Å². The molecule has 4 heteroatoms. The molecule has 0 bridgehead atoms. The van der Waals surface area contributed by atoms with Crippen molar-refractivity contribution in [1.29, 1.82) is 0 Å². The van der Waals surface area contributed by atoms with E-state index in [2.05, 4.69) is 4.98 Å². The van der Waals surface area contributed by atoms with Gasteiger partial charge in [-0.2, -0.15) is 0 Å². The normalized spacial score (nSPS) is 18.7. The number of aromatic nitrogens is 1. The Morgan fingerprint density at radius 1 is 1.29 bits per heavy atom. The number of hydrogen-bond donors (Lipinski definition) is 3. The fraction of sp³-hybridized carbons (Fsp3) is 0.385. The maximum Gasteiger partial charge on any atom is 0.0761 e. The van der Waals surface area contributed by atoms with Crippen molar-refractivity contribution in [3.63, 3.8) is 0 Å². The van der Waals surface area contributed by atoms with Crippen molar-refractivity contribution in [1.82, 2.24) is 4.98 Å². The Kier molecular flexibility index (Phi) is 3.43. The molecule has 1 aromatic heterocycles. The summed E-state index contributed by atoms with van der Waals surface area (Å²) in [5, 5.41) is 11.2. The van der Waals surface area contributed by atoms with Crippen LogP contribution in [0, 0.1) is 5.92 Å². The van der Waals surface area contributed by atoms with Gasteiger partial charge in [-0.05, 0) is 36.5 Å². The molecule has 1 aromatic carbocycles. The van der Waals surface area contributed by atoms with Crippen LogP contribution >= 0.6 is 12.4 Å². The highest BCUT2D eigenvalue weighted by Gasteiger charge is 2.34. The number of hydrogen-bond acceptors (Lipinski definition) is 2. The molecule has 3 nitrogen and oxygen atoms in total. The van der Waals surface area contributed by atoms with E-state index in [0.29, 0.717) is 5.92 Å². The van der Waals surface area contributed by atoms with Crippen molar-refractivity contribution >= 4 is 23.3 Å². The molecule has 92 valence electrons. The maximum absolute atomic E-state index is 10.1. The first-order valence-corrected chi connectivity index (χ1v) is 5.77. The molecule has 1 fully saturated rings. The predicted octanol–water partition coefficient (Wildman–Crippen LogP) is 2.36. The number of rotatable bonds is 3.